The highest BCUT2D eigenvalue weighted by Crippen LogP contribution is 2.56. The standard InChI is InChI=1S/C110H81BN10/c1-109(2,3)78-63-86(71-38-16-8-17-39-71)101(88(65-78)107-114-103(73-42-20-10-21-43-73)112-104(115-107)74-44-22-11-23-45-74)120-96-62-77(70-36-14-7-15-37-70)58-60-90(96)111-91-61-59-80(118-92-54-32-28-50-82(92)83-51-29-33-55-93(83)118)67-97(91)121(99-69-81(68-98(120)100(99)111)119-94-56-34-30-52-84(94)85-53-31-35-57-95(85)119)102-87(72-40-18-9-19-41-72)64-79(110(4,5)6)66-89(102)108-116-105(75-46-24-12-25-47-75)113-106(117-108)76-48-26-13-27-49-76/h7-69H,1-6H3/i7D,14D,15D,28D,29D,30D,31D,32D,33D,34D,35D,36D,37D,50D,51D,52D,53D,54D,55D,56D,57D. The molecule has 0 unspecified atom stereocenters. The molecule has 0 saturated heterocycles. The number of fused-ring (bicyclic) bond motifs is 10. The van der Waals surface area contributed by atoms with Crippen molar-refractivity contribution in [3.05, 3.63) is 393 Å². The third-order valence-electron chi connectivity index (χ3n) is 22.9. The average Bonchev–Trinajstić information content (AvgIpc) is 0.923. The molecule has 10 nitrogen and oxygen atoms in total. The van der Waals surface area contributed by atoms with Gasteiger partial charge in [-0.2, -0.15) is 0 Å². The van der Waals surface area contributed by atoms with Crippen LogP contribution >= 0.6 is 0 Å². The molecule has 0 atom stereocenters. The number of rotatable bonds is 13. The van der Waals surface area contributed by atoms with Gasteiger partial charge in [0.15, 0.2) is 34.9 Å². The van der Waals surface area contributed by atoms with E-state index in [1.807, 2.05) is 222 Å². The van der Waals surface area contributed by atoms with Gasteiger partial charge in [-0.3, -0.25) is 0 Å². The summed E-state index contributed by atoms with van der Waals surface area (Å²) in [5, 5.41) is -0.934. The molecule has 574 valence electrons. The summed E-state index contributed by atoms with van der Waals surface area (Å²) in [7, 11) is 0. The summed E-state index contributed by atoms with van der Waals surface area (Å²) in [6.45, 7) is 11.4. The molecule has 0 spiro atoms. The third-order valence-corrected chi connectivity index (χ3v) is 22.9. The molecule has 0 aliphatic carbocycles. The minimum Gasteiger partial charge on any atom is -0.310 e. The zero-order valence-electron chi connectivity index (χ0n) is 87.3. The van der Waals surface area contributed by atoms with Gasteiger partial charge in [-0.1, -0.05) is 344 Å². The van der Waals surface area contributed by atoms with E-state index in [0.29, 0.717) is 83.4 Å². The first kappa shape index (κ1) is 53.2. The van der Waals surface area contributed by atoms with Gasteiger partial charge in [-0.25, -0.2) is 29.9 Å². The Bertz CT molecular complexity index is 8530. The monoisotopic (exact) mass is 1570 g/mol. The maximum absolute atomic E-state index is 10.5. The first-order valence-corrected chi connectivity index (χ1v) is 39.9. The third kappa shape index (κ3) is 12.4. The smallest absolute Gasteiger partial charge is 0.252 e. The van der Waals surface area contributed by atoms with Crippen LogP contribution in [0.3, 0.4) is 0 Å². The van der Waals surface area contributed by atoms with Gasteiger partial charge in [0.05, 0.1) is 67.9 Å². The molecule has 2 aliphatic heterocycles. The van der Waals surface area contributed by atoms with Crippen LogP contribution in [0.2, 0.25) is 0 Å². The van der Waals surface area contributed by atoms with Crippen molar-refractivity contribution in [2.45, 2.75) is 52.4 Å². The van der Waals surface area contributed by atoms with Crippen molar-refractivity contribution >= 4 is 101 Å². The van der Waals surface area contributed by atoms with Crippen LogP contribution in [0.25, 0.3) is 157 Å². The van der Waals surface area contributed by atoms with Crippen LogP contribution in [0, 0.1) is 0 Å². The highest BCUT2D eigenvalue weighted by atomic mass is 15.2. The fourth-order valence-electron chi connectivity index (χ4n) is 17.1. The van der Waals surface area contributed by atoms with Gasteiger partial charge in [0.25, 0.3) is 6.71 Å². The molecular formula is C110H81BN10. The molecule has 16 aromatic carbocycles. The van der Waals surface area contributed by atoms with Gasteiger partial charge >= 0.3 is 0 Å². The Morgan fingerprint density at radius 1 is 0.256 bits per heavy atom. The molecule has 0 bridgehead atoms. The molecule has 0 fully saturated rings. The number of aromatic nitrogens is 8. The number of anilines is 6. The normalized spacial score (nSPS) is 14.9. The predicted molar refractivity (Wildman–Crippen MR) is 502 cm³/mol. The van der Waals surface area contributed by atoms with E-state index < -0.39 is 144 Å². The van der Waals surface area contributed by atoms with Gasteiger partial charge in [0.2, 0.25) is 0 Å². The molecule has 6 heterocycles. The number of hydrogen-bond donors (Lipinski definition) is 0. The molecule has 11 heteroatoms. The Kier molecular flexibility index (Phi) is 12.7. The van der Waals surface area contributed by atoms with Crippen LogP contribution in [0.4, 0.5) is 34.1 Å². The van der Waals surface area contributed by atoms with Gasteiger partial charge in [0, 0.05) is 94.5 Å². The molecule has 4 aromatic heterocycles. The van der Waals surface area contributed by atoms with Crippen molar-refractivity contribution in [3.63, 3.8) is 0 Å². The Labute approximate surface area is 733 Å². The molecule has 121 heavy (non-hydrogen) atoms. The summed E-state index contributed by atoms with van der Waals surface area (Å²) >= 11 is 0. The van der Waals surface area contributed by atoms with E-state index in [4.69, 9.17) is 31.3 Å². The molecule has 20 aromatic rings. The average molecular weight is 1570 g/mol. The summed E-state index contributed by atoms with van der Waals surface area (Å²) < 4.78 is 208. The lowest BCUT2D eigenvalue weighted by Gasteiger charge is -2.46. The summed E-state index contributed by atoms with van der Waals surface area (Å²) in [6, 6.07) is 66.3. The second kappa shape index (κ2) is 28.9. The lowest BCUT2D eigenvalue weighted by molar-refractivity contribution is 0.590. The summed E-state index contributed by atoms with van der Waals surface area (Å²) in [5.41, 5.74) is 7.86. The highest BCUT2D eigenvalue weighted by Gasteiger charge is 2.47. The fourth-order valence-corrected chi connectivity index (χ4v) is 17.1. The Balaban J connectivity index is 1.02. The number of para-hydroxylation sites is 4. The molecule has 0 N–H and O–H groups in total. The van der Waals surface area contributed by atoms with Gasteiger partial charge < -0.3 is 18.9 Å². The van der Waals surface area contributed by atoms with Crippen molar-refractivity contribution in [1.29, 1.82) is 0 Å². The lowest BCUT2D eigenvalue weighted by atomic mass is 9.33. The van der Waals surface area contributed by atoms with Gasteiger partial charge in [-0.15, -0.1) is 0 Å². The summed E-state index contributed by atoms with van der Waals surface area (Å²) in [5.74, 6) is 1.37. The second-order valence-electron chi connectivity index (χ2n) is 32.2. The van der Waals surface area contributed by atoms with Crippen LogP contribution in [0.1, 0.15) is 81.5 Å². The van der Waals surface area contributed by atoms with Crippen molar-refractivity contribution in [1.82, 2.24) is 39.0 Å². The van der Waals surface area contributed by atoms with Gasteiger partial charge in [-0.05, 0) is 139 Å². The molecular weight excluding hydrogens is 1470 g/mol. The molecule has 22 rings (SSSR count). The zero-order valence-corrected chi connectivity index (χ0v) is 66.3. The van der Waals surface area contributed by atoms with Crippen LogP contribution in [0.5, 0.6) is 0 Å². The van der Waals surface area contributed by atoms with Gasteiger partial charge in [0.1, 0.15) is 0 Å². The van der Waals surface area contributed by atoms with Crippen molar-refractivity contribution < 1.29 is 28.8 Å². The van der Waals surface area contributed by atoms with Crippen molar-refractivity contribution in [3.8, 4) is 113 Å². The molecule has 0 radical (unpaired) electrons. The highest BCUT2D eigenvalue weighted by molar-refractivity contribution is 7.00. The topological polar surface area (TPSA) is 93.7 Å². The number of benzene rings is 16. The zero-order chi connectivity index (χ0) is 99.5. The second-order valence-corrected chi connectivity index (χ2v) is 32.2. The molecule has 0 amide bonds. The predicted octanol–water partition coefficient (Wildman–Crippen LogP) is 25.9. The van der Waals surface area contributed by atoms with Crippen LogP contribution in [0.15, 0.2) is 382 Å². The van der Waals surface area contributed by atoms with E-state index in [9.17, 15) is 27.4 Å². The van der Waals surface area contributed by atoms with Crippen LogP contribution in [-0.4, -0.2) is 45.8 Å². The molecule has 2 aliphatic rings. The lowest BCUT2D eigenvalue weighted by Crippen LogP contribution is -2.61. The quantitative estimate of drug-likeness (QED) is 0.105. The first-order chi connectivity index (χ1) is 68.0. The Hall–Kier alpha value is -15.2. The van der Waals surface area contributed by atoms with E-state index in [2.05, 4.69) is 53.7 Å². The maximum atomic E-state index is 10.5. The van der Waals surface area contributed by atoms with E-state index in [-0.39, 0.29) is 124 Å². The Morgan fingerprint density at radius 2 is 0.562 bits per heavy atom. The van der Waals surface area contributed by atoms with E-state index in [1.165, 1.54) is 9.13 Å². The van der Waals surface area contributed by atoms with E-state index in [1.54, 1.807) is 30.3 Å². The van der Waals surface area contributed by atoms with Crippen molar-refractivity contribution in [2.75, 3.05) is 9.80 Å². The van der Waals surface area contributed by atoms with Crippen LogP contribution in [-0.2, 0) is 10.8 Å². The minimum absolute atomic E-state index is 0.00389. The maximum Gasteiger partial charge on any atom is 0.252 e. The number of hydrogen-bond acceptors (Lipinski definition) is 8. The number of nitrogens with zero attached hydrogens (tertiary/aromatic N) is 10. The van der Waals surface area contributed by atoms with E-state index in [0.717, 1.165) is 11.1 Å². The first-order valence-electron chi connectivity index (χ1n) is 50.4. The Morgan fingerprint density at radius 3 is 0.934 bits per heavy atom. The fraction of sp³-hybridized carbons (Fsp3) is 0.0727. The summed E-state index contributed by atoms with van der Waals surface area (Å²) in [6.07, 6.45) is 0. The minimum atomic E-state index is -1.16. The largest absolute Gasteiger partial charge is 0.310 e. The van der Waals surface area contributed by atoms with Crippen LogP contribution < -0.4 is 26.2 Å². The van der Waals surface area contributed by atoms with E-state index >= 15 is 0 Å². The SMILES string of the molecule is [2H]c1c([2H])c([2H])c(-c2ccc3c(c2)N(c2c(-c4ccccc4)cc(C(C)(C)C)cc2-c2nc(-c4ccccc4)nc(-c4ccccc4)n2)c2cc(-n4c5c([2H])c([2H])c([2H])c([2H])c5c5c([2H])c([2H])c([2H])c([2H])c54)cc4c2B3c2ccc(-n3c5c([2H])c([2H])c([2H])c([2H])c5c5c([2H])c([2H])c([2H])c([2H])c53)cc2N4c2c(-c3ccccc3)cc(C(C)(C)C)cc2-c2nc(-c3ccccc3)nc(-c3ccccc3)n2)c([2H])c1[2H]. The summed E-state index contributed by atoms with van der Waals surface area (Å²) in [4.78, 5) is 37.1. The molecule has 0 saturated carbocycles. The van der Waals surface area contributed by atoms with Crippen molar-refractivity contribution in [2.24, 2.45) is 0 Å².